The second-order valence-corrected chi connectivity index (χ2v) is 8.63. The molecule has 27 heavy (non-hydrogen) atoms. The van der Waals surface area contributed by atoms with Crippen LogP contribution in [-0.4, -0.2) is 31.7 Å². The highest BCUT2D eigenvalue weighted by atomic mass is 32.2. The molecule has 1 heterocycles. The first kappa shape index (κ1) is 19.4. The van der Waals surface area contributed by atoms with Crippen LogP contribution in [0.5, 0.6) is 0 Å². The minimum atomic E-state index is -3.58. The zero-order valence-corrected chi connectivity index (χ0v) is 15.6. The van der Waals surface area contributed by atoms with Gasteiger partial charge in [-0.1, -0.05) is 6.92 Å². The second kappa shape index (κ2) is 7.74. The second-order valence-electron chi connectivity index (χ2n) is 6.69. The van der Waals surface area contributed by atoms with Crippen LogP contribution in [0, 0.1) is 17.6 Å². The van der Waals surface area contributed by atoms with Gasteiger partial charge in [-0.15, -0.1) is 0 Å². The lowest BCUT2D eigenvalue weighted by Gasteiger charge is -2.29. The molecule has 0 bridgehead atoms. The van der Waals surface area contributed by atoms with E-state index in [2.05, 4.69) is 12.2 Å². The molecule has 0 atom stereocenters. The minimum Gasteiger partial charge on any atom is -0.322 e. The summed E-state index contributed by atoms with van der Waals surface area (Å²) in [6.07, 6.45) is 1.66. The molecule has 2 aromatic rings. The van der Waals surface area contributed by atoms with Crippen molar-refractivity contribution in [2.24, 2.45) is 5.92 Å². The van der Waals surface area contributed by atoms with Gasteiger partial charge in [0.2, 0.25) is 10.0 Å². The molecule has 8 heteroatoms. The van der Waals surface area contributed by atoms with Crippen LogP contribution in [0.4, 0.5) is 14.5 Å². The van der Waals surface area contributed by atoms with Gasteiger partial charge in [-0.3, -0.25) is 4.79 Å². The van der Waals surface area contributed by atoms with Gasteiger partial charge in [0.25, 0.3) is 5.91 Å². The molecule has 0 spiro atoms. The summed E-state index contributed by atoms with van der Waals surface area (Å²) < 4.78 is 53.4. The van der Waals surface area contributed by atoms with E-state index in [4.69, 9.17) is 0 Å². The van der Waals surface area contributed by atoms with Crippen molar-refractivity contribution >= 4 is 21.6 Å². The van der Waals surface area contributed by atoms with E-state index in [0.29, 0.717) is 30.8 Å². The van der Waals surface area contributed by atoms with Gasteiger partial charge >= 0.3 is 0 Å². The van der Waals surface area contributed by atoms with Crippen molar-refractivity contribution in [2.75, 3.05) is 18.4 Å². The average molecular weight is 394 g/mol. The molecule has 0 unspecified atom stereocenters. The van der Waals surface area contributed by atoms with E-state index in [1.165, 1.54) is 28.6 Å². The van der Waals surface area contributed by atoms with Crippen LogP contribution in [-0.2, 0) is 10.0 Å². The monoisotopic (exact) mass is 394 g/mol. The quantitative estimate of drug-likeness (QED) is 0.861. The molecule has 1 N–H and O–H groups in total. The fraction of sp³-hybridized carbons (Fsp3) is 0.316. The molecule has 0 saturated carbocycles. The highest BCUT2D eigenvalue weighted by Crippen LogP contribution is 2.24. The smallest absolute Gasteiger partial charge is 0.258 e. The molecule has 5 nitrogen and oxygen atoms in total. The molecular weight excluding hydrogens is 374 g/mol. The number of nitrogens with one attached hydrogen (secondary N) is 1. The average Bonchev–Trinajstić information content (AvgIpc) is 2.62. The number of rotatable bonds is 4. The van der Waals surface area contributed by atoms with Crippen LogP contribution in [0.25, 0.3) is 0 Å². The summed E-state index contributed by atoms with van der Waals surface area (Å²) in [6.45, 7) is 3.09. The fourth-order valence-corrected chi connectivity index (χ4v) is 4.43. The molecule has 1 amide bonds. The molecule has 0 aliphatic carbocycles. The summed E-state index contributed by atoms with van der Waals surface area (Å²) >= 11 is 0. The van der Waals surface area contributed by atoms with Gasteiger partial charge in [-0.2, -0.15) is 4.31 Å². The predicted molar refractivity (Wildman–Crippen MR) is 97.9 cm³/mol. The summed E-state index contributed by atoms with van der Waals surface area (Å²) in [5.74, 6) is -1.97. The first-order chi connectivity index (χ1) is 12.8. The van der Waals surface area contributed by atoms with E-state index in [9.17, 15) is 22.0 Å². The highest BCUT2D eigenvalue weighted by molar-refractivity contribution is 7.89. The normalized spacial score (nSPS) is 16.3. The third-order valence-electron chi connectivity index (χ3n) is 4.67. The standard InChI is InChI=1S/C19H20F2N2O3S/c1-13-8-10-23(11-9-13)27(25,26)16-5-3-15(4-6-16)22-19(24)17-7-2-14(20)12-18(17)21/h2-7,12-13H,8-11H2,1H3,(H,22,24). The Morgan fingerprint density at radius 2 is 1.70 bits per heavy atom. The zero-order valence-electron chi connectivity index (χ0n) is 14.8. The molecule has 144 valence electrons. The van der Waals surface area contributed by atoms with E-state index in [0.717, 1.165) is 25.0 Å². The molecule has 2 aromatic carbocycles. The van der Waals surface area contributed by atoms with Gasteiger partial charge in [0.15, 0.2) is 0 Å². The largest absolute Gasteiger partial charge is 0.322 e. The summed E-state index contributed by atoms with van der Waals surface area (Å²) in [4.78, 5) is 12.2. The SMILES string of the molecule is CC1CCN(S(=O)(=O)c2ccc(NC(=O)c3ccc(F)cc3F)cc2)CC1. The lowest BCUT2D eigenvalue weighted by atomic mass is 10.0. The van der Waals surface area contributed by atoms with Crippen molar-refractivity contribution in [3.8, 4) is 0 Å². The number of nitrogens with zero attached hydrogens (tertiary/aromatic N) is 1. The van der Waals surface area contributed by atoms with Crippen molar-refractivity contribution in [2.45, 2.75) is 24.7 Å². The topological polar surface area (TPSA) is 66.5 Å². The maximum Gasteiger partial charge on any atom is 0.258 e. The summed E-state index contributed by atoms with van der Waals surface area (Å²) in [5.41, 5.74) is 0.0190. The molecule has 1 saturated heterocycles. The van der Waals surface area contributed by atoms with E-state index in [-0.39, 0.29) is 10.5 Å². The van der Waals surface area contributed by atoms with Crippen LogP contribution in [0.15, 0.2) is 47.4 Å². The van der Waals surface area contributed by atoms with Crippen molar-refractivity contribution in [3.63, 3.8) is 0 Å². The van der Waals surface area contributed by atoms with Gasteiger partial charge in [-0.25, -0.2) is 17.2 Å². The zero-order chi connectivity index (χ0) is 19.6. The number of benzene rings is 2. The number of hydrogen-bond acceptors (Lipinski definition) is 3. The Kier molecular flexibility index (Phi) is 5.57. The molecule has 1 aliphatic rings. The van der Waals surface area contributed by atoms with Crippen LogP contribution >= 0.6 is 0 Å². The molecular formula is C19H20F2N2O3S. The summed E-state index contributed by atoms with van der Waals surface area (Å²) in [7, 11) is -3.58. The Balaban J connectivity index is 1.72. The highest BCUT2D eigenvalue weighted by Gasteiger charge is 2.28. The summed E-state index contributed by atoms with van der Waals surface area (Å²) in [5, 5.41) is 2.47. The lowest BCUT2D eigenvalue weighted by Crippen LogP contribution is -2.37. The molecule has 1 aliphatic heterocycles. The van der Waals surface area contributed by atoms with Crippen LogP contribution < -0.4 is 5.32 Å². The van der Waals surface area contributed by atoms with Crippen LogP contribution in [0.2, 0.25) is 0 Å². The Hall–Kier alpha value is -2.32. The first-order valence-corrected chi connectivity index (χ1v) is 10.1. The van der Waals surface area contributed by atoms with Crippen LogP contribution in [0.1, 0.15) is 30.1 Å². The Morgan fingerprint density at radius 1 is 1.07 bits per heavy atom. The Morgan fingerprint density at radius 3 is 2.30 bits per heavy atom. The van der Waals surface area contributed by atoms with E-state index < -0.39 is 27.6 Å². The van der Waals surface area contributed by atoms with Gasteiger partial charge in [-0.05, 0) is 55.2 Å². The maximum atomic E-state index is 13.7. The van der Waals surface area contributed by atoms with E-state index >= 15 is 0 Å². The van der Waals surface area contributed by atoms with Crippen LogP contribution in [0.3, 0.4) is 0 Å². The van der Waals surface area contributed by atoms with E-state index in [1.54, 1.807) is 0 Å². The van der Waals surface area contributed by atoms with Gasteiger partial charge < -0.3 is 5.32 Å². The third-order valence-corrected chi connectivity index (χ3v) is 6.58. The van der Waals surface area contributed by atoms with Gasteiger partial charge in [0.05, 0.1) is 10.5 Å². The van der Waals surface area contributed by atoms with Gasteiger partial charge in [0, 0.05) is 24.8 Å². The Bertz CT molecular complexity index is 938. The molecule has 0 radical (unpaired) electrons. The number of carbonyl (C=O) groups is 1. The third kappa shape index (κ3) is 4.33. The number of sulfonamides is 1. The number of anilines is 1. The number of halogens is 2. The number of carbonyl (C=O) groups excluding carboxylic acids is 1. The first-order valence-electron chi connectivity index (χ1n) is 8.64. The maximum absolute atomic E-state index is 13.7. The Labute approximate surface area is 157 Å². The molecule has 3 rings (SSSR count). The molecule has 1 fully saturated rings. The van der Waals surface area contributed by atoms with E-state index in [1.807, 2.05) is 0 Å². The number of piperidine rings is 1. The van der Waals surface area contributed by atoms with Crippen molar-refractivity contribution < 1.29 is 22.0 Å². The fourth-order valence-electron chi connectivity index (χ4n) is 2.96. The number of amides is 1. The van der Waals surface area contributed by atoms with Crippen molar-refractivity contribution in [1.82, 2.24) is 4.31 Å². The molecule has 0 aromatic heterocycles. The predicted octanol–water partition coefficient (Wildman–Crippen LogP) is 3.64. The van der Waals surface area contributed by atoms with Crippen molar-refractivity contribution in [1.29, 1.82) is 0 Å². The number of hydrogen-bond donors (Lipinski definition) is 1. The summed E-state index contributed by atoms with van der Waals surface area (Å²) in [6, 6.07) is 8.37. The van der Waals surface area contributed by atoms with Gasteiger partial charge in [0.1, 0.15) is 11.6 Å². The minimum absolute atomic E-state index is 0.142. The lowest BCUT2D eigenvalue weighted by molar-refractivity contribution is 0.102. The van der Waals surface area contributed by atoms with Crippen molar-refractivity contribution in [3.05, 3.63) is 59.7 Å².